The van der Waals surface area contributed by atoms with E-state index in [1.165, 1.54) is 30.7 Å². The van der Waals surface area contributed by atoms with Crippen molar-refractivity contribution in [1.29, 1.82) is 0 Å². The summed E-state index contributed by atoms with van der Waals surface area (Å²) in [5.74, 6) is 0.146. The number of carbonyl (C=O) groups excluding carboxylic acids is 1. The maximum Gasteiger partial charge on any atom is 0.159 e. The molecule has 3 heteroatoms. The van der Waals surface area contributed by atoms with Crippen LogP contribution in [0.4, 0.5) is 0 Å². The summed E-state index contributed by atoms with van der Waals surface area (Å²) in [5.41, 5.74) is 2.13. The molecule has 1 aromatic rings. The van der Waals surface area contributed by atoms with E-state index in [0.29, 0.717) is 0 Å². The second-order valence-electron chi connectivity index (χ2n) is 6.19. The zero-order valence-corrected chi connectivity index (χ0v) is 12.7. The van der Waals surface area contributed by atoms with E-state index in [2.05, 4.69) is 30.1 Å². The molecular formula is C15H23NOSi-. The molecule has 1 aliphatic rings. The van der Waals surface area contributed by atoms with E-state index in [9.17, 15) is 4.79 Å². The lowest BCUT2D eigenvalue weighted by Gasteiger charge is -2.43. The van der Waals surface area contributed by atoms with Crippen molar-refractivity contribution in [2.75, 3.05) is 13.1 Å². The average molecular weight is 261 g/mol. The molecule has 18 heavy (non-hydrogen) atoms. The van der Waals surface area contributed by atoms with E-state index < -0.39 is 8.07 Å². The van der Waals surface area contributed by atoms with Crippen molar-refractivity contribution in [3.63, 3.8) is 0 Å². The van der Waals surface area contributed by atoms with Gasteiger partial charge in [-0.1, -0.05) is 24.3 Å². The number of carbonyl (C=O) groups is 1. The van der Waals surface area contributed by atoms with Crippen LogP contribution in [0.2, 0.25) is 25.2 Å². The van der Waals surface area contributed by atoms with Crippen LogP contribution in [0, 0.1) is 0 Å². The fourth-order valence-corrected chi connectivity index (χ4v) is 4.51. The van der Waals surface area contributed by atoms with E-state index in [0.717, 1.165) is 12.1 Å². The second-order valence-corrected chi connectivity index (χ2v) is 11.5. The summed E-state index contributed by atoms with van der Waals surface area (Å²) in [6.45, 7) is 10.1. The molecule has 0 spiro atoms. The smallest absolute Gasteiger partial charge is 0.159 e. The minimum absolute atomic E-state index is 0.146. The van der Waals surface area contributed by atoms with Crippen LogP contribution in [0.25, 0.3) is 0 Å². The van der Waals surface area contributed by atoms with Gasteiger partial charge in [0.15, 0.2) is 5.78 Å². The molecule has 99 valence electrons. The molecule has 0 saturated carbocycles. The molecule has 1 heterocycles. The van der Waals surface area contributed by atoms with E-state index in [4.69, 9.17) is 0 Å². The third kappa shape index (κ3) is 3.53. The maximum atomic E-state index is 11.2. The molecule has 2 nitrogen and oxygen atoms in total. The summed E-state index contributed by atoms with van der Waals surface area (Å²) < 4.78 is 0. The molecule has 2 rings (SSSR count). The zero-order valence-electron chi connectivity index (χ0n) is 11.7. The highest BCUT2D eigenvalue weighted by Gasteiger charge is 2.17. The third-order valence-electron chi connectivity index (χ3n) is 3.98. The Bertz CT molecular complexity index is 415. The van der Waals surface area contributed by atoms with Gasteiger partial charge in [0.25, 0.3) is 0 Å². The highest BCUT2D eigenvalue weighted by atomic mass is 28.3. The summed E-state index contributed by atoms with van der Waals surface area (Å²) in [4.78, 5) is 13.8. The predicted octanol–water partition coefficient (Wildman–Crippen LogP) is 3.41. The van der Waals surface area contributed by atoms with Crippen LogP contribution in [-0.2, 0) is 6.54 Å². The number of ketones is 1. The van der Waals surface area contributed by atoms with Crippen molar-refractivity contribution in [2.45, 2.75) is 38.7 Å². The Hall–Kier alpha value is -0.933. The molecule has 0 N–H and O–H groups in total. The van der Waals surface area contributed by atoms with Crippen LogP contribution < -0.4 is 0 Å². The van der Waals surface area contributed by atoms with Gasteiger partial charge in [-0.2, -0.15) is 13.1 Å². The Morgan fingerprint density at radius 2 is 1.72 bits per heavy atom. The summed E-state index contributed by atoms with van der Waals surface area (Å²) in [7, 11) is -0.860. The van der Waals surface area contributed by atoms with E-state index in [-0.39, 0.29) is 5.78 Å². The van der Waals surface area contributed by atoms with Crippen molar-refractivity contribution >= 4 is 13.9 Å². The van der Waals surface area contributed by atoms with Crippen LogP contribution in [0.5, 0.6) is 0 Å². The molecule has 0 bridgehead atoms. The van der Waals surface area contributed by atoms with Gasteiger partial charge in [0.1, 0.15) is 0 Å². The lowest BCUT2D eigenvalue weighted by atomic mass is 10.1. The lowest BCUT2D eigenvalue weighted by molar-refractivity contribution is 0.101. The molecule has 0 aliphatic carbocycles. The Morgan fingerprint density at radius 1 is 1.17 bits per heavy atom. The Morgan fingerprint density at radius 3 is 2.22 bits per heavy atom. The minimum atomic E-state index is -0.860. The van der Waals surface area contributed by atoms with Gasteiger partial charge in [-0.05, 0) is 25.6 Å². The Balaban J connectivity index is 1.92. The fraction of sp³-hybridized carbons (Fsp3) is 0.533. The van der Waals surface area contributed by atoms with Gasteiger partial charge >= 0.3 is 0 Å². The second kappa shape index (κ2) is 5.37. The van der Waals surface area contributed by atoms with Crippen LogP contribution in [0.3, 0.4) is 0 Å². The summed E-state index contributed by atoms with van der Waals surface area (Å²) >= 11 is 0. The summed E-state index contributed by atoms with van der Waals surface area (Å²) in [5, 5.41) is 0. The number of rotatable bonds is 3. The highest BCUT2D eigenvalue weighted by molar-refractivity contribution is 6.77. The quantitative estimate of drug-likeness (QED) is 0.614. The van der Waals surface area contributed by atoms with Gasteiger partial charge in [-0.25, -0.2) is 0 Å². The molecule has 1 aromatic carbocycles. The lowest BCUT2D eigenvalue weighted by Crippen LogP contribution is -2.42. The Kier molecular flexibility index (Phi) is 4.03. The Labute approximate surface area is 111 Å². The first-order valence-electron chi connectivity index (χ1n) is 6.78. The van der Waals surface area contributed by atoms with Crippen LogP contribution in [0.1, 0.15) is 22.8 Å². The molecule has 0 amide bonds. The van der Waals surface area contributed by atoms with Gasteiger partial charge in [0.2, 0.25) is 0 Å². The zero-order chi connectivity index (χ0) is 13.2. The van der Waals surface area contributed by atoms with Gasteiger partial charge < -0.3 is 4.90 Å². The SMILES string of the molecule is CC(=O)c1ccc(CN2CC[Si-](C)(C)CC2)cc1. The summed E-state index contributed by atoms with van der Waals surface area (Å²) in [6, 6.07) is 10.9. The predicted molar refractivity (Wildman–Crippen MR) is 78.8 cm³/mol. The monoisotopic (exact) mass is 261 g/mol. The first-order valence-corrected chi connectivity index (χ1v) is 10.2. The van der Waals surface area contributed by atoms with E-state index >= 15 is 0 Å². The molecule has 1 aliphatic heterocycles. The number of hydrogen-bond acceptors (Lipinski definition) is 2. The van der Waals surface area contributed by atoms with Gasteiger partial charge in [-0.3, -0.25) is 4.79 Å². The van der Waals surface area contributed by atoms with Crippen molar-refractivity contribution in [3.8, 4) is 0 Å². The van der Waals surface area contributed by atoms with Crippen molar-refractivity contribution < 1.29 is 4.79 Å². The van der Waals surface area contributed by atoms with E-state index in [1.807, 2.05) is 12.1 Å². The number of Topliss-reactive ketones (excluding diaryl/α,β-unsaturated/α-hetero) is 1. The molecular weight excluding hydrogens is 238 g/mol. The van der Waals surface area contributed by atoms with Gasteiger partial charge in [-0.15, -0.1) is 20.2 Å². The maximum absolute atomic E-state index is 11.2. The van der Waals surface area contributed by atoms with Crippen LogP contribution in [0.15, 0.2) is 24.3 Å². The van der Waals surface area contributed by atoms with Gasteiger partial charge in [0.05, 0.1) is 0 Å². The van der Waals surface area contributed by atoms with Crippen LogP contribution in [-0.4, -0.2) is 31.8 Å². The molecule has 1 fully saturated rings. The third-order valence-corrected chi connectivity index (χ3v) is 7.13. The van der Waals surface area contributed by atoms with Crippen LogP contribution >= 0.6 is 0 Å². The highest BCUT2D eigenvalue weighted by Crippen LogP contribution is 2.23. The molecule has 0 radical (unpaired) electrons. The largest absolute Gasteiger partial charge is 0.305 e. The first kappa shape index (κ1) is 13.5. The standard InChI is InChI=1S/C15H23NOSi/c1-13(17)15-6-4-14(5-7-15)12-16-8-10-18(2,3)11-9-16/h4-7H,8-12H2,1-3H3/q-1. The normalized spacial score (nSPS) is 19.7. The van der Waals surface area contributed by atoms with E-state index in [1.54, 1.807) is 6.92 Å². The minimum Gasteiger partial charge on any atom is -0.305 e. The first-order chi connectivity index (χ1) is 8.46. The number of benzene rings is 1. The van der Waals surface area contributed by atoms with Crippen molar-refractivity contribution in [2.24, 2.45) is 0 Å². The topological polar surface area (TPSA) is 20.3 Å². The van der Waals surface area contributed by atoms with Crippen molar-refractivity contribution in [3.05, 3.63) is 35.4 Å². The number of hydrogen-bond donors (Lipinski definition) is 0. The summed E-state index contributed by atoms with van der Waals surface area (Å²) in [6.07, 6.45) is 0. The molecule has 0 unspecified atom stereocenters. The molecule has 0 atom stereocenters. The fourth-order valence-electron chi connectivity index (χ4n) is 2.42. The van der Waals surface area contributed by atoms with Crippen molar-refractivity contribution in [1.82, 2.24) is 4.90 Å². The number of nitrogens with zero attached hydrogens (tertiary/aromatic N) is 1. The molecule has 0 aromatic heterocycles. The average Bonchev–Trinajstić information content (AvgIpc) is 2.33. The molecule has 1 saturated heterocycles. The van der Waals surface area contributed by atoms with Gasteiger partial charge in [0, 0.05) is 12.1 Å².